The number of benzene rings is 1. The Kier molecular flexibility index (Phi) is 5.90. The number of likely N-dealkylation sites (tertiary alicyclic amines) is 1. The fraction of sp³-hybridized carbons (Fsp3) is 0.625. The van der Waals surface area contributed by atoms with Crippen LogP contribution in [0.2, 0.25) is 0 Å². The Balaban J connectivity index is 1.29. The predicted octanol–water partition coefficient (Wildman–Crippen LogP) is 1.86. The van der Waals surface area contributed by atoms with Crippen LogP contribution in [0, 0.1) is 0 Å². The van der Waals surface area contributed by atoms with Crippen molar-refractivity contribution in [2.75, 3.05) is 20.2 Å². The fourth-order valence-corrected chi connectivity index (χ4v) is 5.50. The minimum Gasteiger partial charge on any atom is -0.489 e. The summed E-state index contributed by atoms with van der Waals surface area (Å²) in [6.07, 6.45) is 6.85. The third kappa shape index (κ3) is 4.01. The summed E-state index contributed by atoms with van der Waals surface area (Å²) in [5.41, 5.74) is 1.50. The van der Waals surface area contributed by atoms with Crippen LogP contribution in [0.15, 0.2) is 18.2 Å². The highest BCUT2D eigenvalue weighted by molar-refractivity contribution is 6.05. The molecule has 5 rings (SSSR count). The number of carbonyl (C=O) groups is 3. The van der Waals surface area contributed by atoms with Gasteiger partial charge in [-0.3, -0.25) is 24.6 Å². The minimum absolute atomic E-state index is 0.122. The van der Waals surface area contributed by atoms with Gasteiger partial charge in [-0.05, 0) is 49.4 Å². The number of nitrogens with one attached hydrogen (secondary N) is 1. The van der Waals surface area contributed by atoms with E-state index in [9.17, 15) is 14.4 Å². The van der Waals surface area contributed by atoms with Crippen LogP contribution in [-0.4, -0.2) is 72.0 Å². The standard InChI is InChI=1S/C24H31N3O5/c1-31-17-13-26(14-17)19-5-3-2-4-6-21(19)32-16-7-8-18-15(11-16)12-27(24(18)30)20-9-10-22(28)25-23(20)29/h7-8,11,17,19-21H,2-6,9-10,12-14H2,1H3,(H,25,28,29)/t19-,20?,21+/m0/s1. The Hall–Kier alpha value is -2.45. The van der Waals surface area contributed by atoms with Crippen LogP contribution in [-0.2, 0) is 20.9 Å². The lowest BCUT2D eigenvalue weighted by Gasteiger charge is -2.45. The van der Waals surface area contributed by atoms with E-state index in [0.29, 0.717) is 30.7 Å². The van der Waals surface area contributed by atoms with Crippen molar-refractivity contribution in [1.82, 2.24) is 15.1 Å². The first-order chi connectivity index (χ1) is 15.5. The molecule has 0 aromatic heterocycles. The number of piperidine rings is 1. The molecule has 1 saturated carbocycles. The lowest BCUT2D eigenvalue weighted by atomic mass is 9.98. The van der Waals surface area contributed by atoms with Crippen molar-refractivity contribution in [3.63, 3.8) is 0 Å². The SMILES string of the molecule is COC1CN([C@H]2CCCCC[C@H]2Oc2ccc3c(c2)CN(C2CCC(=O)NC2=O)C3=O)C1. The van der Waals surface area contributed by atoms with Gasteiger partial charge in [-0.1, -0.05) is 12.8 Å². The molecule has 1 aromatic carbocycles. The summed E-state index contributed by atoms with van der Waals surface area (Å²) >= 11 is 0. The molecule has 8 heteroatoms. The molecule has 1 aromatic rings. The summed E-state index contributed by atoms with van der Waals surface area (Å²) in [6, 6.07) is 5.44. The third-order valence-electron chi connectivity index (χ3n) is 7.38. The zero-order chi connectivity index (χ0) is 22.2. The number of hydrogen-bond acceptors (Lipinski definition) is 6. The molecule has 0 bridgehead atoms. The highest BCUT2D eigenvalue weighted by Crippen LogP contribution is 2.33. The van der Waals surface area contributed by atoms with Gasteiger partial charge in [-0.2, -0.15) is 0 Å². The Morgan fingerprint density at radius 1 is 1.03 bits per heavy atom. The molecule has 32 heavy (non-hydrogen) atoms. The maximum Gasteiger partial charge on any atom is 0.255 e. The van der Waals surface area contributed by atoms with Gasteiger partial charge in [0.05, 0.1) is 6.10 Å². The zero-order valence-corrected chi connectivity index (χ0v) is 18.5. The molecule has 3 aliphatic heterocycles. The first-order valence-electron chi connectivity index (χ1n) is 11.7. The number of hydrogen-bond donors (Lipinski definition) is 1. The van der Waals surface area contributed by atoms with Gasteiger partial charge in [-0.15, -0.1) is 0 Å². The van der Waals surface area contributed by atoms with E-state index in [1.165, 1.54) is 12.8 Å². The Bertz CT molecular complexity index is 913. The summed E-state index contributed by atoms with van der Waals surface area (Å²) < 4.78 is 12.0. The van der Waals surface area contributed by atoms with Crippen LogP contribution in [0.4, 0.5) is 0 Å². The Morgan fingerprint density at radius 3 is 2.62 bits per heavy atom. The molecule has 172 valence electrons. The molecule has 2 saturated heterocycles. The Labute approximate surface area is 188 Å². The predicted molar refractivity (Wildman–Crippen MR) is 116 cm³/mol. The number of rotatable bonds is 5. The first-order valence-corrected chi connectivity index (χ1v) is 11.7. The normalized spacial score (nSPS) is 29.3. The molecule has 0 spiro atoms. The number of fused-ring (bicyclic) bond motifs is 1. The lowest BCUT2D eigenvalue weighted by Crippen LogP contribution is -2.59. The quantitative estimate of drug-likeness (QED) is 0.554. The monoisotopic (exact) mass is 441 g/mol. The van der Waals surface area contributed by atoms with E-state index in [-0.39, 0.29) is 30.2 Å². The zero-order valence-electron chi connectivity index (χ0n) is 18.5. The van der Waals surface area contributed by atoms with Crippen LogP contribution < -0.4 is 10.1 Å². The maximum absolute atomic E-state index is 12.9. The average Bonchev–Trinajstić information content (AvgIpc) is 2.90. The van der Waals surface area contributed by atoms with E-state index in [2.05, 4.69) is 10.2 Å². The second kappa shape index (κ2) is 8.83. The molecule has 3 fully saturated rings. The van der Waals surface area contributed by atoms with Crippen LogP contribution in [0.25, 0.3) is 0 Å². The van der Waals surface area contributed by atoms with Gasteiger partial charge in [0.15, 0.2) is 0 Å². The van der Waals surface area contributed by atoms with Gasteiger partial charge in [0.2, 0.25) is 11.8 Å². The minimum atomic E-state index is -0.594. The van der Waals surface area contributed by atoms with Crippen LogP contribution in [0.1, 0.15) is 60.9 Å². The number of methoxy groups -OCH3 is 1. The van der Waals surface area contributed by atoms with Gasteiger partial charge in [0, 0.05) is 44.8 Å². The van der Waals surface area contributed by atoms with E-state index in [4.69, 9.17) is 9.47 Å². The average molecular weight is 442 g/mol. The van der Waals surface area contributed by atoms with Crippen molar-refractivity contribution < 1.29 is 23.9 Å². The van der Waals surface area contributed by atoms with Crippen molar-refractivity contribution in [3.8, 4) is 5.75 Å². The largest absolute Gasteiger partial charge is 0.489 e. The molecular formula is C24H31N3O5. The van der Waals surface area contributed by atoms with E-state index >= 15 is 0 Å². The molecule has 8 nitrogen and oxygen atoms in total. The molecular weight excluding hydrogens is 410 g/mol. The number of imide groups is 1. The van der Waals surface area contributed by atoms with Gasteiger partial charge in [-0.25, -0.2) is 0 Å². The van der Waals surface area contributed by atoms with Crippen molar-refractivity contribution in [3.05, 3.63) is 29.3 Å². The number of carbonyl (C=O) groups excluding carboxylic acids is 3. The van der Waals surface area contributed by atoms with Gasteiger partial charge < -0.3 is 14.4 Å². The summed E-state index contributed by atoms with van der Waals surface area (Å²) in [4.78, 5) is 40.7. The van der Waals surface area contributed by atoms with Crippen LogP contribution in [0.3, 0.4) is 0 Å². The number of nitrogens with zero attached hydrogens (tertiary/aromatic N) is 2. The second-order valence-electron chi connectivity index (χ2n) is 9.39. The summed E-state index contributed by atoms with van der Waals surface area (Å²) in [5, 5.41) is 2.35. The third-order valence-corrected chi connectivity index (χ3v) is 7.38. The molecule has 1 unspecified atom stereocenters. The molecule has 4 aliphatic rings. The molecule has 3 amide bonds. The topological polar surface area (TPSA) is 88.2 Å². The maximum atomic E-state index is 12.9. The summed E-state index contributed by atoms with van der Waals surface area (Å²) in [5.74, 6) is -0.0332. The van der Waals surface area contributed by atoms with Crippen molar-refractivity contribution in [2.45, 2.75) is 75.8 Å². The van der Waals surface area contributed by atoms with E-state index in [1.807, 2.05) is 18.2 Å². The summed E-state index contributed by atoms with van der Waals surface area (Å²) in [6.45, 7) is 2.29. The highest BCUT2D eigenvalue weighted by atomic mass is 16.5. The number of ether oxygens (including phenoxy) is 2. The van der Waals surface area contributed by atoms with Crippen molar-refractivity contribution in [1.29, 1.82) is 0 Å². The van der Waals surface area contributed by atoms with Crippen molar-refractivity contribution >= 4 is 17.7 Å². The second-order valence-corrected chi connectivity index (χ2v) is 9.39. The molecule has 1 N–H and O–H groups in total. The summed E-state index contributed by atoms with van der Waals surface area (Å²) in [7, 11) is 1.77. The van der Waals surface area contributed by atoms with E-state index in [0.717, 1.165) is 43.7 Å². The molecule has 1 aliphatic carbocycles. The highest BCUT2D eigenvalue weighted by Gasteiger charge is 2.40. The van der Waals surface area contributed by atoms with Gasteiger partial charge >= 0.3 is 0 Å². The Morgan fingerprint density at radius 2 is 1.84 bits per heavy atom. The fourth-order valence-electron chi connectivity index (χ4n) is 5.50. The van der Waals surface area contributed by atoms with E-state index < -0.39 is 6.04 Å². The first kappa shape index (κ1) is 21.4. The van der Waals surface area contributed by atoms with Crippen LogP contribution >= 0.6 is 0 Å². The molecule has 3 heterocycles. The van der Waals surface area contributed by atoms with Gasteiger partial charge in [0.25, 0.3) is 5.91 Å². The van der Waals surface area contributed by atoms with E-state index in [1.54, 1.807) is 12.0 Å². The number of amides is 3. The lowest BCUT2D eigenvalue weighted by molar-refractivity contribution is -0.136. The smallest absolute Gasteiger partial charge is 0.255 e. The van der Waals surface area contributed by atoms with Crippen LogP contribution in [0.5, 0.6) is 5.75 Å². The van der Waals surface area contributed by atoms with Gasteiger partial charge in [0.1, 0.15) is 17.9 Å². The molecule has 0 radical (unpaired) electrons. The van der Waals surface area contributed by atoms with Crippen molar-refractivity contribution in [2.24, 2.45) is 0 Å². The molecule has 3 atom stereocenters.